The Morgan fingerprint density at radius 1 is 1.32 bits per heavy atom. The molecule has 2 amide bonds. The molecule has 0 fully saturated rings. The Morgan fingerprint density at radius 2 is 2.05 bits per heavy atom. The van der Waals surface area contributed by atoms with Gasteiger partial charge >= 0.3 is 12.0 Å². The van der Waals surface area contributed by atoms with E-state index in [1.807, 2.05) is 13.8 Å². The number of amides is 2. The van der Waals surface area contributed by atoms with Crippen LogP contribution in [0.25, 0.3) is 0 Å². The Hall–Kier alpha value is -2.24. The lowest BCUT2D eigenvalue weighted by Crippen LogP contribution is -2.34. The quantitative estimate of drug-likeness (QED) is 0.796. The van der Waals surface area contributed by atoms with Gasteiger partial charge in [-0.2, -0.15) is 0 Å². The summed E-state index contributed by atoms with van der Waals surface area (Å²) >= 11 is 0. The number of carbonyl (C=O) groups excluding carboxylic acids is 2. The van der Waals surface area contributed by atoms with E-state index in [4.69, 9.17) is 4.74 Å². The van der Waals surface area contributed by atoms with Gasteiger partial charge < -0.3 is 20.1 Å². The number of hydrogen-bond donors (Lipinski definition) is 2. The lowest BCUT2D eigenvalue weighted by molar-refractivity contribution is -0.142. The number of methoxy groups -OCH3 is 1. The van der Waals surface area contributed by atoms with Gasteiger partial charge in [0.15, 0.2) is 6.61 Å². The first-order chi connectivity index (χ1) is 9.01. The lowest BCUT2D eigenvalue weighted by Gasteiger charge is -2.11. The summed E-state index contributed by atoms with van der Waals surface area (Å²) < 4.78 is 9.68. The van der Waals surface area contributed by atoms with Crippen molar-refractivity contribution >= 4 is 17.7 Å². The van der Waals surface area contributed by atoms with Crippen molar-refractivity contribution in [3.8, 4) is 5.75 Å². The van der Waals surface area contributed by atoms with Gasteiger partial charge in [0.25, 0.3) is 0 Å². The summed E-state index contributed by atoms with van der Waals surface area (Å²) in [6.45, 7) is 3.57. The normalized spacial score (nSPS) is 9.89. The average molecular weight is 266 g/mol. The molecular weight excluding hydrogens is 248 g/mol. The van der Waals surface area contributed by atoms with Crippen molar-refractivity contribution in [3.05, 3.63) is 24.3 Å². The maximum atomic E-state index is 11.5. The monoisotopic (exact) mass is 266 g/mol. The van der Waals surface area contributed by atoms with Crippen LogP contribution in [-0.4, -0.2) is 31.8 Å². The number of ether oxygens (including phenoxy) is 2. The summed E-state index contributed by atoms with van der Waals surface area (Å²) in [6.07, 6.45) is 0. The fourth-order valence-electron chi connectivity index (χ4n) is 1.29. The van der Waals surface area contributed by atoms with Gasteiger partial charge in [0.1, 0.15) is 5.75 Å². The van der Waals surface area contributed by atoms with Gasteiger partial charge in [-0.25, -0.2) is 9.59 Å². The second-order valence-electron chi connectivity index (χ2n) is 4.15. The second-order valence-corrected chi connectivity index (χ2v) is 4.15. The minimum atomic E-state index is -0.462. The molecule has 0 aliphatic heterocycles. The van der Waals surface area contributed by atoms with E-state index in [0.717, 1.165) is 0 Å². The van der Waals surface area contributed by atoms with Crippen molar-refractivity contribution in [2.24, 2.45) is 0 Å². The van der Waals surface area contributed by atoms with Crippen LogP contribution >= 0.6 is 0 Å². The molecule has 0 heterocycles. The number of urea groups is 1. The molecule has 0 aromatic heterocycles. The highest BCUT2D eigenvalue weighted by molar-refractivity contribution is 5.89. The third kappa shape index (κ3) is 5.76. The number of nitrogens with one attached hydrogen (secondary N) is 2. The maximum absolute atomic E-state index is 11.5. The van der Waals surface area contributed by atoms with E-state index in [-0.39, 0.29) is 18.7 Å². The smallest absolute Gasteiger partial charge is 0.343 e. The van der Waals surface area contributed by atoms with Crippen molar-refractivity contribution in [1.29, 1.82) is 0 Å². The number of esters is 1. The van der Waals surface area contributed by atoms with E-state index in [2.05, 4.69) is 15.4 Å². The van der Waals surface area contributed by atoms with Crippen molar-refractivity contribution in [1.82, 2.24) is 5.32 Å². The first kappa shape index (κ1) is 14.8. The fraction of sp³-hybridized carbons (Fsp3) is 0.385. The molecule has 0 bridgehead atoms. The zero-order valence-electron chi connectivity index (χ0n) is 11.2. The standard InChI is InChI=1S/C13H18N2O4/c1-9(2)14-13(17)15-10-5-4-6-11(7-10)19-8-12(16)18-3/h4-7,9H,8H2,1-3H3,(H2,14,15,17). The van der Waals surface area contributed by atoms with E-state index >= 15 is 0 Å². The van der Waals surface area contributed by atoms with Crippen molar-refractivity contribution in [2.45, 2.75) is 19.9 Å². The summed E-state index contributed by atoms with van der Waals surface area (Å²) in [5.74, 6) is 0.0173. The maximum Gasteiger partial charge on any atom is 0.343 e. The number of rotatable bonds is 5. The van der Waals surface area contributed by atoms with Crippen molar-refractivity contribution < 1.29 is 19.1 Å². The SMILES string of the molecule is COC(=O)COc1cccc(NC(=O)NC(C)C)c1. The Bertz CT molecular complexity index is 446. The van der Waals surface area contributed by atoms with Gasteiger partial charge in [0, 0.05) is 17.8 Å². The van der Waals surface area contributed by atoms with Crippen LogP contribution in [0.15, 0.2) is 24.3 Å². The van der Waals surface area contributed by atoms with Crippen LogP contribution in [0.3, 0.4) is 0 Å². The molecular formula is C13H18N2O4. The lowest BCUT2D eigenvalue weighted by atomic mass is 10.3. The van der Waals surface area contributed by atoms with E-state index in [9.17, 15) is 9.59 Å². The van der Waals surface area contributed by atoms with E-state index < -0.39 is 5.97 Å². The molecule has 6 heteroatoms. The van der Waals surface area contributed by atoms with Gasteiger partial charge in [-0.15, -0.1) is 0 Å². The third-order valence-corrected chi connectivity index (χ3v) is 2.10. The van der Waals surface area contributed by atoms with Gasteiger partial charge in [0.05, 0.1) is 7.11 Å². The molecule has 0 aliphatic rings. The predicted octanol–water partition coefficient (Wildman–Crippen LogP) is 1.77. The Labute approximate surface area is 112 Å². The highest BCUT2D eigenvalue weighted by atomic mass is 16.6. The first-order valence-electron chi connectivity index (χ1n) is 5.88. The first-order valence-corrected chi connectivity index (χ1v) is 5.88. The van der Waals surface area contributed by atoms with Crippen LogP contribution in [-0.2, 0) is 9.53 Å². The summed E-state index contributed by atoms with van der Waals surface area (Å²) in [5, 5.41) is 5.37. The predicted molar refractivity (Wildman–Crippen MR) is 71.2 cm³/mol. The molecule has 0 radical (unpaired) electrons. The number of benzene rings is 1. The van der Waals surface area contributed by atoms with E-state index in [0.29, 0.717) is 11.4 Å². The van der Waals surface area contributed by atoms with Crippen molar-refractivity contribution in [3.63, 3.8) is 0 Å². The minimum Gasteiger partial charge on any atom is -0.482 e. The van der Waals surface area contributed by atoms with E-state index in [1.54, 1.807) is 24.3 Å². The number of hydrogen-bond acceptors (Lipinski definition) is 4. The Morgan fingerprint density at radius 3 is 2.68 bits per heavy atom. The van der Waals surface area contributed by atoms with Crippen LogP contribution in [0.2, 0.25) is 0 Å². The highest BCUT2D eigenvalue weighted by Gasteiger charge is 2.05. The summed E-state index contributed by atoms with van der Waals surface area (Å²) in [5.41, 5.74) is 0.584. The van der Waals surface area contributed by atoms with Gasteiger partial charge in [-0.3, -0.25) is 0 Å². The van der Waals surface area contributed by atoms with Crippen LogP contribution in [0.5, 0.6) is 5.75 Å². The fourth-order valence-corrected chi connectivity index (χ4v) is 1.29. The zero-order chi connectivity index (χ0) is 14.3. The second kappa shape index (κ2) is 7.25. The topological polar surface area (TPSA) is 76.7 Å². The minimum absolute atomic E-state index is 0.0544. The van der Waals surface area contributed by atoms with Crippen LogP contribution < -0.4 is 15.4 Å². The molecule has 0 spiro atoms. The van der Waals surface area contributed by atoms with E-state index in [1.165, 1.54) is 7.11 Å². The molecule has 1 aromatic carbocycles. The highest BCUT2D eigenvalue weighted by Crippen LogP contribution is 2.17. The molecule has 104 valence electrons. The molecule has 1 aromatic rings. The molecule has 0 saturated carbocycles. The zero-order valence-corrected chi connectivity index (χ0v) is 11.2. The summed E-state index contributed by atoms with van der Waals surface area (Å²) in [4.78, 5) is 22.5. The molecule has 0 saturated heterocycles. The summed E-state index contributed by atoms with van der Waals surface area (Å²) in [6, 6.07) is 6.53. The van der Waals surface area contributed by atoms with Crippen molar-refractivity contribution in [2.75, 3.05) is 19.0 Å². The third-order valence-electron chi connectivity index (χ3n) is 2.10. The molecule has 2 N–H and O–H groups in total. The average Bonchev–Trinajstić information content (AvgIpc) is 2.35. The Balaban J connectivity index is 2.56. The summed E-state index contributed by atoms with van der Waals surface area (Å²) in [7, 11) is 1.29. The van der Waals surface area contributed by atoms with Gasteiger partial charge in [-0.1, -0.05) is 6.07 Å². The van der Waals surface area contributed by atoms with Crippen LogP contribution in [0.4, 0.5) is 10.5 Å². The van der Waals surface area contributed by atoms with Gasteiger partial charge in [0.2, 0.25) is 0 Å². The number of carbonyl (C=O) groups is 2. The van der Waals surface area contributed by atoms with Crippen LogP contribution in [0, 0.1) is 0 Å². The van der Waals surface area contributed by atoms with Crippen LogP contribution in [0.1, 0.15) is 13.8 Å². The molecule has 0 atom stereocenters. The molecule has 0 unspecified atom stereocenters. The molecule has 6 nitrogen and oxygen atoms in total. The largest absolute Gasteiger partial charge is 0.482 e. The number of anilines is 1. The Kier molecular flexibility index (Phi) is 5.66. The molecule has 1 rings (SSSR count). The van der Waals surface area contributed by atoms with Gasteiger partial charge in [-0.05, 0) is 26.0 Å². The molecule has 19 heavy (non-hydrogen) atoms. The molecule has 0 aliphatic carbocycles.